The number of aryl methyl sites for hydroxylation is 1. The van der Waals surface area contributed by atoms with Crippen LogP contribution in [0.15, 0.2) is 65.3 Å². The van der Waals surface area contributed by atoms with Crippen LogP contribution in [0.5, 0.6) is 0 Å². The quantitative estimate of drug-likeness (QED) is 0.484. The van der Waals surface area contributed by atoms with Gasteiger partial charge in [0.15, 0.2) is 0 Å². The van der Waals surface area contributed by atoms with E-state index in [2.05, 4.69) is 15.5 Å². The van der Waals surface area contributed by atoms with Gasteiger partial charge >= 0.3 is 0 Å². The second-order valence-electron chi connectivity index (χ2n) is 7.90. The molecule has 0 spiro atoms. The lowest BCUT2D eigenvalue weighted by atomic mass is 10.0. The van der Waals surface area contributed by atoms with Crippen molar-refractivity contribution in [3.05, 3.63) is 72.1 Å². The predicted octanol–water partition coefficient (Wildman–Crippen LogP) is 4.62. The van der Waals surface area contributed by atoms with Crippen molar-refractivity contribution in [2.75, 3.05) is 13.2 Å². The molecule has 0 aliphatic carbocycles. The Kier molecular flexibility index (Phi) is 5.56. The first-order chi connectivity index (χ1) is 15.7. The maximum Gasteiger partial charge on any atom is 0.251 e. The van der Waals surface area contributed by atoms with Gasteiger partial charge < -0.3 is 19.6 Å². The highest BCUT2D eigenvalue weighted by molar-refractivity contribution is 5.95. The molecule has 0 radical (unpaired) electrons. The van der Waals surface area contributed by atoms with Crippen LogP contribution in [0.2, 0.25) is 0 Å². The summed E-state index contributed by atoms with van der Waals surface area (Å²) in [6.45, 7) is 3.26. The van der Waals surface area contributed by atoms with Crippen LogP contribution < -0.4 is 5.32 Å². The summed E-state index contributed by atoms with van der Waals surface area (Å²) >= 11 is 0. The third-order valence-electron chi connectivity index (χ3n) is 5.70. The van der Waals surface area contributed by atoms with E-state index >= 15 is 0 Å². The van der Waals surface area contributed by atoms with E-state index in [0.29, 0.717) is 30.4 Å². The van der Waals surface area contributed by atoms with Gasteiger partial charge in [0.25, 0.3) is 5.91 Å². The van der Waals surface area contributed by atoms with Crippen molar-refractivity contribution in [2.45, 2.75) is 25.8 Å². The Labute approximate surface area is 185 Å². The Morgan fingerprint density at radius 2 is 1.84 bits per heavy atom. The minimum absolute atomic E-state index is 0.0771. The molecule has 0 atom stereocenters. The number of amides is 1. The zero-order valence-electron chi connectivity index (χ0n) is 17.8. The van der Waals surface area contributed by atoms with Crippen LogP contribution in [0, 0.1) is 6.92 Å². The van der Waals surface area contributed by atoms with Gasteiger partial charge in [-0.15, -0.1) is 0 Å². The number of hydrogen-bond donors (Lipinski definition) is 2. The lowest BCUT2D eigenvalue weighted by molar-refractivity contribution is 0.0696. The number of imidazole rings is 1. The molecule has 32 heavy (non-hydrogen) atoms. The Hall–Kier alpha value is -3.71. The van der Waals surface area contributed by atoms with Crippen molar-refractivity contribution < 1.29 is 14.1 Å². The van der Waals surface area contributed by atoms with Gasteiger partial charge in [0.2, 0.25) is 0 Å². The summed E-state index contributed by atoms with van der Waals surface area (Å²) in [4.78, 5) is 20.7. The molecular formula is C25H24N4O3. The van der Waals surface area contributed by atoms with E-state index in [-0.39, 0.29) is 11.9 Å². The monoisotopic (exact) mass is 428 g/mol. The van der Waals surface area contributed by atoms with Crippen molar-refractivity contribution in [1.82, 2.24) is 20.4 Å². The van der Waals surface area contributed by atoms with Crippen LogP contribution in [-0.4, -0.2) is 40.3 Å². The fraction of sp³-hybridized carbons (Fsp3) is 0.240. The van der Waals surface area contributed by atoms with Crippen molar-refractivity contribution >= 4 is 5.91 Å². The molecule has 1 aliphatic heterocycles. The summed E-state index contributed by atoms with van der Waals surface area (Å²) in [5.74, 6) is 1.30. The molecule has 162 valence electrons. The topological polar surface area (TPSA) is 93.0 Å². The molecule has 4 aromatic rings. The molecule has 7 nitrogen and oxygen atoms in total. The van der Waals surface area contributed by atoms with E-state index in [4.69, 9.17) is 14.2 Å². The van der Waals surface area contributed by atoms with Gasteiger partial charge in [-0.05, 0) is 31.9 Å². The second kappa shape index (κ2) is 8.80. The van der Waals surface area contributed by atoms with Crippen LogP contribution in [0.25, 0.3) is 33.9 Å². The number of aromatic amines is 1. The summed E-state index contributed by atoms with van der Waals surface area (Å²) in [5.41, 5.74) is 4.77. The molecular weight excluding hydrogens is 404 g/mol. The van der Waals surface area contributed by atoms with Crippen molar-refractivity contribution in [2.24, 2.45) is 0 Å². The molecule has 1 aliphatic rings. The zero-order chi connectivity index (χ0) is 21.9. The van der Waals surface area contributed by atoms with E-state index in [0.717, 1.165) is 40.9 Å². The number of nitrogens with zero attached hydrogens (tertiary/aromatic N) is 2. The Morgan fingerprint density at radius 3 is 2.66 bits per heavy atom. The van der Waals surface area contributed by atoms with Crippen LogP contribution >= 0.6 is 0 Å². The molecule has 0 unspecified atom stereocenters. The number of benzene rings is 2. The molecule has 2 aromatic heterocycles. The number of carbonyl (C=O) groups is 1. The summed E-state index contributed by atoms with van der Waals surface area (Å²) in [7, 11) is 0. The number of carbonyl (C=O) groups excluding carboxylic acids is 1. The van der Waals surface area contributed by atoms with Crippen LogP contribution in [0.3, 0.4) is 0 Å². The fourth-order valence-corrected chi connectivity index (χ4v) is 3.98. The van der Waals surface area contributed by atoms with Crippen LogP contribution in [0.1, 0.15) is 29.0 Å². The minimum atomic E-state index is -0.0771. The van der Waals surface area contributed by atoms with Crippen molar-refractivity contribution in [1.29, 1.82) is 0 Å². The molecule has 0 bridgehead atoms. The molecule has 1 fully saturated rings. The van der Waals surface area contributed by atoms with Crippen LogP contribution in [0.4, 0.5) is 0 Å². The molecule has 5 rings (SSSR count). The highest BCUT2D eigenvalue weighted by Crippen LogP contribution is 2.34. The van der Waals surface area contributed by atoms with E-state index in [9.17, 15) is 4.79 Å². The third kappa shape index (κ3) is 4.07. The Morgan fingerprint density at radius 1 is 1.06 bits per heavy atom. The average molecular weight is 428 g/mol. The number of nitrogens with one attached hydrogen (secondary N) is 2. The molecule has 7 heteroatoms. The molecule has 2 aromatic carbocycles. The summed E-state index contributed by atoms with van der Waals surface area (Å²) in [5, 5.41) is 7.35. The highest BCUT2D eigenvalue weighted by atomic mass is 16.5. The highest BCUT2D eigenvalue weighted by Gasteiger charge is 2.20. The Bertz CT molecular complexity index is 1220. The molecule has 3 heterocycles. The van der Waals surface area contributed by atoms with Gasteiger partial charge in [0, 0.05) is 42.1 Å². The van der Waals surface area contributed by atoms with Gasteiger partial charge in [-0.25, -0.2) is 4.98 Å². The van der Waals surface area contributed by atoms with Crippen LogP contribution in [-0.2, 0) is 4.74 Å². The minimum Gasteiger partial charge on any atom is -0.381 e. The number of ether oxygens (including phenoxy) is 1. The Balaban J connectivity index is 1.41. The van der Waals surface area contributed by atoms with E-state index < -0.39 is 0 Å². The molecule has 2 N–H and O–H groups in total. The summed E-state index contributed by atoms with van der Waals surface area (Å²) < 4.78 is 10.8. The average Bonchev–Trinajstić information content (AvgIpc) is 3.47. The first-order valence-electron chi connectivity index (χ1n) is 10.8. The maximum absolute atomic E-state index is 12.7. The fourth-order valence-electron chi connectivity index (χ4n) is 3.98. The third-order valence-corrected chi connectivity index (χ3v) is 5.70. The molecule has 0 saturated carbocycles. The number of rotatable bonds is 5. The standard InChI is InChI=1S/C25H24N4O3/c1-16-22(23(29-32-16)17-6-3-2-4-7-17)21-15-26-24(28-21)18-8-5-9-19(14-18)25(30)27-20-10-12-31-13-11-20/h2-9,14-15,20H,10-13H2,1H3,(H,26,28)(H,27,30). The van der Waals surface area contributed by atoms with Crippen molar-refractivity contribution in [3.63, 3.8) is 0 Å². The van der Waals surface area contributed by atoms with E-state index in [1.165, 1.54) is 0 Å². The first kappa shape index (κ1) is 20.2. The number of H-pyrrole nitrogens is 1. The van der Waals surface area contributed by atoms with Gasteiger partial charge in [-0.2, -0.15) is 0 Å². The predicted molar refractivity (Wildman–Crippen MR) is 121 cm³/mol. The van der Waals surface area contributed by atoms with Gasteiger partial charge in [0.05, 0.1) is 11.3 Å². The summed E-state index contributed by atoms with van der Waals surface area (Å²) in [6, 6.07) is 17.5. The SMILES string of the molecule is Cc1onc(-c2ccccc2)c1-c1c[nH]c(-c2cccc(C(=O)NC3CCOCC3)c2)n1. The zero-order valence-corrected chi connectivity index (χ0v) is 17.8. The second-order valence-corrected chi connectivity index (χ2v) is 7.90. The lowest BCUT2D eigenvalue weighted by Crippen LogP contribution is -2.38. The summed E-state index contributed by atoms with van der Waals surface area (Å²) in [6.07, 6.45) is 3.53. The largest absolute Gasteiger partial charge is 0.381 e. The molecule has 1 amide bonds. The number of hydrogen-bond acceptors (Lipinski definition) is 5. The van der Waals surface area contributed by atoms with Gasteiger partial charge in [-0.3, -0.25) is 4.79 Å². The van der Waals surface area contributed by atoms with Crippen molar-refractivity contribution in [3.8, 4) is 33.9 Å². The van der Waals surface area contributed by atoms with Gasteiger partial charge in [-0.1, -0.05) is 47.6 Å². The number of aromatic nitrogens is 3. The molecule has 1 saturated heterocycles. The van der Waals surface area contributed by atoms with Gasteiger partial charge in [0.1, 0.15) is 17.3 Å². The van der Waals surface area contributed by atoms with E-state index in [1.54, 1.807) is 0 Å². The smallest absolute Gasteiger partial charge is 0.251 e. The lowest BCUT2D eigenvalue weighted by Gasteiger charge is -2.23. The maximum atomic E-state index is 12.7. The van der Waals surface area contributed by atoms with E-state index in [1.807, 2.05) is 67.7 Å². The first-order valence-corrected chi connectivity index (χ1v) is 10.8. The normalized spacial score (nSPS) is 14.4.